The molecule has 0 fully saturated rings. The quantitative estimate of drug-likeness (QED) is 0.248. The molecule has 0 radical (unpaired) electrons. The molecule has 0 aliphatic carbocycles. The summed E-state index contributed by atoms with van der Waals surface area (Å²) in [6.07, 6.45) is 0. The number of rotatable bonds is 8. The molecule has 0 aliphatic rings. The number of hydrogen-bond donors (Lipinski definition) is 1. The molecule has 0 saturated heterocycles. The fourth-order valence-corrected chi connectivity index (χ4v) is 4.27. The fraction of sp³-hybridized carbons (Fsp3) is 0.174. The highest BCUT2D eigenvalue weighted by molar-refractivity contribution is 7.22. The SMILES string of the molecule is CCN(CCO)c1ccc(N=Nc2ccc(N=Nc3nc4cc(Cl)c(Cl)cc4s3)cc2)cc1. The van der Waals surface area contributed by atoms with E-state index in [1.165, 1.54) is 11.3 Å². The van der Waals surface area contributed by atoms with Gasteiger partial charge in [-0.3, -0.25) is 0 Å². The third-order valence-electron chi connectivity index (χ3n) is 4.77. The van der Waals surface area contributed by atoms with Crippen molar-refractivity contribution in [2.24, 2.45) is 20.5 Å². The second-order valence-electron chi connectivity index (χ2n) is 6.97. The van der Waals surface area contributed by atoms with Crippen LogP contribution in [-0.4, -0.2) is 29.8 Å². The van der Waals surface area contributed by atoms with Crippen LogP contribution in [0.3, 0.4) is 0 Å². The molecular formula is C23H20Cl2N6OS. The van der Waals surface area contributed by atoms with Crippen molar-refractivity contribution in [3.05, 3.63) is 70.7 Å². The van der Waals surface area contributed by atoms with Crippen LogP contribution in [0, 0.1) is 0 Å². The van der Waals surface area contributed by atoms with Crippen molar-refractivity contribution in [3.8, 4) is 0 Å². The van der Waals surface area contributed by atoms with Crippen molar-refractivity contribution >= 4 is 72.6 Å². The summed E-state index contributed by atoms with van der Waals surface area (Å²) in [5.74, 6) is 0. The standard InChI is InChI=1S/C23H20Cl2N6OS/c1-2-31(11-12-32)18-9-7-17(8-10-18)28-27-15-3-5-16(6-4-15)29-30-23-26-21-13-19(24)20(25)14-22(21)33-23/h3-10,13-14,32H,2,11-12H2,1H3. The lowest BCUT2D eigenvalue weighted by molar-refractivity contribution is 0.302. The number of aliphatic hydroxyl groups is 1. The van der Waals surface area contributed by atoms with Gasteiger partial charge in [0.1, 0.15) is 0 Å². The Morgan fingerprint density at radius 2 is 1.39 bits per heavy atom. The number of aliphatic hydroxyl groups excluding tert-OH is 1. The number of benzene rings is 3. The predicted molar refractivity (Wildman–Crippen MR) is 136 cm³/mol. The van der Waals surface area contributed by atoms with Crippen molar-refractivity contribution in [2.45, 2.75) is 6.92 Å². The Balaban J connectivity index is 1.40. The van der Waals surface area contributed by atoms with Crippen molar-refractivity contribution in [1.82, 2.24) is 4.98 Å². The van der Waals surface area contributed by atoms with Crippen LogP contribution in [0.5, 0.6) is 0 Å². The van der Waals surface area contributed by atoms with Gasteiger partial charge in [-0.15, -0.1) is 10.2 Å². The van der Waals surface area contributed by atoms with Crippen LogP contribution in [0.25, 0.3) is 10.2 Å². The van der Waals surface area contributed by atoms with Gasteiger partial charge in [-0.05, 0) is 67.6 Å². The first-order chi connectivity index (χ1) is 16.1. The van der Waals surface area contributed by atoms with Crippen LogP contribution in [-0.2, 0) is 0 Å². The molecule has 4 rings (SSSR count). The summed E-state index contributed by atoms with van der Waals surface area (Å²) < 4.78 is 0.901. The molecule has 7 nitrogen and oxygen atoms in total. The lowest BCUT2D eigenvalue weighted by Gasteiger charge is -2.21. The molecule has 33 heavy (non-hydrogen) atoms. The van der Waals surface area contributed by atoms with Gasteiger partial charge in [0.15, 0.2) is 0 Å². The molecule has 0 aliphatic heterocycles. The number of likely N-dealkylation sites (N-methyl/N-ethyl adjacent to an activating group) is 1. The maximum atomic E-state index is 9.15. The van der Waals surface area contributed by atoms with Gasteiger partial charge in [0, 0.05) is 18.8 Å². The van der Waals surface area contributed by atoms with Crippen molar-refractivity contribution < 1.29 is 5.11 Å². The molecule has 0 unspecified atom stereocenters. The third kappa shape index (κ3) is 5.91. The highest BCUT2D eigenvalue weighted by atomic mass is 35.5. The van der Waals surface area contributed by atoms with Gasteiger partial charge in [0.25, 0.3) is 0 Å². The Labute approximate surface area is 205 Å². The summed E-state index contributed by atoms with van der Waals surface area (Å²) >= 11 is 13.5. The minimum Gasteiger partial charge on any atom is -0.395 e. The van der Waals surface area contributed by atoms with E-state index in [1.807, 2.05) is 48.5 Å². The molecule has 0 bridgehead atoms. The van der Waals surface area contributed by atoms with E-state index >= 15 is 0 Å². The monoisotopic (exact) mass is 498 g/mol. The Morgan fingerprint density at radius 1 is 0.848 bits per heavy atom. The number of hydrogen-bond acceptors (Lipinski definition) is 8. The predicted octanol–water partition coefficient (Wildman–Crippen LogP) is 8.25. The lowest BCUT2D eigenvalue weighted by Crippen LogP contribution is -2.25. The van der Waals surface area contributed by atoms with Crippen molar-refractivity contribution in [3.63, 3.8) is 0 Å². The molecule has 4 aromatic rings. The number of azo groups is 2. The van der Waals surface area contributed by atoms with Crippen LogP contribution in [0.4, 0.5) is 27.9 Å². The average molecular weight is 499 g/mol. The molecule has 1 heterocycles. The second-order valence-corrected chi connectivity index (χ2v) is 8.79. The Hall–Kier alpha value is -2.91. The lowest BCUT2D eigenvalue weighted by atomic mass is 10.2. The minimum absolute atomic E-state index is 0.120. The first-order valence-electron chi connectivity index (χ1n) is 10.2. The molecule has 1 aromatic heterocycles. The summed E-state index contributed by atoms with van der Waals surface area (Å²) in [4.78, 5) is 6.50. The number of thiazole rings is 1. The third-order valence-corrected chi connectivity index (χ3v) is 6.39. The number of halogens is 2. The highest BCUT2D eigenvalue weighted by Crippen LogP contribution is 2.35. The first kappa shape index (κ1) is 23.3. The maximum Gasteiger partial charge on any atom is 0.231 e. The molecule has 168 valence electrons. The smallest absolute Gasteiger partial charge is 0.231 e. The number of fused-ring (bicyclic) bond motifs is 1. The van der Waals surface area contributed by atoms with E-state index in [1.54, 1.807) is 12.1 Å². The molecule has 0 saturated carbocycles. The van der Waals surface area contributed by atoms with E-state index in [9.17, 15) is 0 Å². The average Bonchev–Trinajstić information content (AvgIpc) is 3.22. The van der Waals surface area contributed by atoms with Crippen LogP contribution in [0.2, 0.25) is 10.0 Å². The van der Waals surface area contributed by atoms with Crippen LogP contribution in [0.1, 0.15) is 6.92 Å². The van der Waals surface area contributed by atoms with Gasteiger partial charge in [-0.1, -0.05) is 34.5 Å². The van der Waals surface area contributed by atoms with Gasteiger partial charge in [-0.2, -0.15) is 10.2 Å². The van der Waals surface area contributed by atoms with Gasteiger partial charge in [0.2, 0.25) is 5.13 Å². The van der Waals surface area contributed by atoms with Gasteiger partial charge >= 0.3 is 0 Å². The van der Waals surface area contributed by atoms with Crippen LogP contribution >= 0.6 is 34.5 Å². The summed E-state index contributed by atoms with van der Waals surface area (Å²) in [5, 5.41) is 27.6. The Kier molecular flexibility index (Phi) is 7.61. The number of aromatic nitrogens is 1. The fourth-order valence-electron chi connectivity index (χ4n) is 3.08. The van der Waals surface area contributed by atoms with Crippen LogP contribution in [0.15, 0.2) is 81.1 Å². The van der Waals surface area contributed by atoms with Crippen LogP contribution < -0.4 is 4.90 Å². The Morgan fingerprint density at radius 3 is 1.97 bits per heavy atom. The number of anilines is 1. The zero-order valence-electron chi connectivity index (χ0n) is 17.7. The number of nitrogens with zero attached hydrogens (tertiary/aromatic N) is 6. The van der Waals surface area contributed by atoms with Gasteiger partial charge in [-0.25, -0.2) is 4.98 Å². The van der Waals surface area contributed by atoms with E-state index in [-0.39, 0.29) is 6.61 Å². The highest BCUT2D eigenvalue weighted by Gasteiger charge is 2.07. The maximum absolute atomic E-state index is 9.15. The van der Waals surface area contributed by atoms with E-state index in [4.69, 9.17) is 28.3 Å². The molecule has 0 amide bonds. The summed E-state index contributed by atoms with van der Waals surface area (Å²) in [5.41, 5.74) is 3.91. The normalized spacial score (nSPS) is 11.8. The summed E-state index contributed by atoms with van der Waals surface area (Å²) in [6, 6.07) is 18.5. The first-order valence-corrected chi connectivity index (χ1v) is 11.8. The molecule has 0 spiro atoms. The van der Waals surface area contributed by atoms with Gasteiger partial charge < -0.3 is 10.0 Å². The second kappa shape index (κ2) is 10.8. The largest absolute Gasteiger partial charge is 0.395 e. The van der Waals surface area contributed by atoms with E-state index < -0.39 is 0 Å². The molecular weight excluding hydrogens is 479 g/mol. The zero-order valence-corrected chi connectivity index (χ0v) is 20.0. The molecule has 10 heteroatoms. The minimum atomic E-state index is 0.120. The van der Waals surface area contributed by atoms with Gasteiger partial charge in [0.05, 0.1) is 43.9 Å². The zero-order chi connectivity index (χ0) is 23.2. The molecule has 1 N–H and O–H groups in total. The summed E-state index contributed by atoms with van der Waals surface area (Å²) in [7, 11) is 0. The van der Waals surface area contributed by atoms with E-state index in [0.29, 0.717) is 33.1 Å². The van der Waals surface area contributed by atoms with Crippen molar-refractivity contribution in [1.29, 1.82) is 0 Å². The van der Waals surface area contributed by atoms with Crippen molar-refractivity contribution in [2.75, 3.05) is 24.6 Å². The Bertz CT molecular complexity index is 1250. The van der Waals surface area contributed by atoms with E-state index in [2.05, 4.69) is 37.3 Å². The molecule has 0 atom stereocenters. The molecule has 3 aromatic carbocycles. The topological polar surface area (TPSA) is 85.8 Å². The summed E-state index contributed by atoms with van der Waals surface area (Å²) in [6.45, 7) is 3.60. The van der Waals surface area contributed by atoms with E-state index in [0.717, 1.165) is 28.1 Å².